The molecular formula is C21H22N6O3. The fourth-order valence-electron chi connectivity index (χ4n) is 3.60. The molecule has 0 amide bonds. The lowest BCUT2D eigenvalue weighted by Crippen LogP contribution is -2.44. The number of rotatable bonds is 5. The van der Waals surface area contributed by atoms with Gasteiger partial charge in [-0.05, 0) is 6.92 Å². The maximum Gasteiger partial charge on any atom is 0.325 e. The summed E-state index contributed by atoms with van der Waals surface area (Å²) in [6, 6.07) is 9.35. The lowest BCUT2D eigenvalue weighted by molar-refractivity contribution is -0.137. The first-order valence-corrected chi connectivity index (χ1v) is 9.74. The van der Waals surface area contributed by atoms with E-state index in [1.807, 2.05) is 30.3 Å². The van der Waals surface area contributed by atoms with E-state index < -0.39 is 18.1 Å². The van der Waals surface area contributed by atoms with Crippen LogP contribution in [0.3, 0.4) is 0 Å². The van der Waals surface area contributed by atoms with Crippen molar-refractivity contribution in [2.24, 2.45) is 0 Å². The first kappa shape index (κ1) is 19.7. The summed E-state index contributed by atoms with van der Waals surface area (Å²) in [6.07, 6.45) is 0. The maximum absolute atomic E-state index is 13.2. The van der Waals surface area contributed by atoms with Gasteiger partial charge in [-0.2, -0.15) is 5.10 Å². The summed E-state index contributed by atoms with van der Waals surface area (Å²) in [4.78, 5) is 31.5. The molecular weight excluding hydrogens is 384 g/mol. The third-order valence-corrected chi connectivity index (χ3v) is 4.98. The van der Waals surface area contributed by atoms with Crippen molar-refractivity contribution in [1.82, 2.24) is 24.6 Å². The molecule has 9 nitrogen and oxygen atoms in total. The average Bonchev–Trinajstić information content (AvgIpc) is 3.15. The molecule has 0 bridgehead atoms. The minimum Gasteiger partial charge on any atom is -0.480 e. The highest BCUT2D eigenvalue weighted by Gasteiger charge is 2.25. The Balaban J connectivity index is 2.03. The topological polar surface area (TPSA) is 105 Å². The summed E-state index contributed by atoms with van der Waals surface area (Å²) >= 11 is 0. The van der Waals surface area contributed by atoms with Crippen molar-refractivity contribution < 1.29 is 9.90 Å². The predicted octanol–water partition coefficient (Wildman–Crippen LogP) is 0.778. The Morgan fingerprint density at radius 3 is 2.63 bits per heavy atom. The van der Waals surface area contributed by atoms with Crippen LogP contribution in [0, 0.1) is 11.8 Å². The summed E-state index contributed by atoms with van der Waals surface area (Å²) in [5.74, 6) is 5.40. The van der Waals surface area contributed by atoms with Gasteiger partial charge in [0, 0.05) is 31.7 Å². The number of carbonyl (C=O) groups is 1. The van der Waals surface area contributed by atoms with Gasteiger partial charge in [0.25, 0.3) is 5.56 Å². The van der Waals surface area contributed by atoms with Crippen LogP contribution in [0.2, 0.25) is 0 Å². The number of carboxylic acids is 1. The molecule has 0 aliphatic carbocycles. The van der Waals surface area contributed by atoms with Crippen molar-refractivity contribution in [3.63, 3.8) is 0 Å². The molecule has 1 aliphatic heterocycles. The number of hydrogen-bond acceptors (Lipinski definition) is 6. The molecule has 1 aromatic carbocycles. The van der Waals surface area contributed by atoms with Gasteiger partial charge in [-0.15, -0.1) is 5.92 Å². The summed E-state index contributed by atoms with van der Waals surface area (Å²) in [7, 11) is 0. The number of piperazine rings is 1. The number of fused-ring (bicyclic) bond motifs is 1. The molecule has 4 rings (SSSR count). The highest BCUT2D eigenvalue weighted by atomic mass is 16.4. The number of nitrogens with one attached hydrogen (secondary N) is 1. The van der Waals surface area contributed by atoms with E-state index in [9.17, 15) is 14.7 Å². The minimum absolute atomic E-state index is 0.285. The zero-order chi connectivity index (χ0) is 21.1. The molecule has 1 fully saturated rings. The number of benzene rings is 1. The molecule has 0 saturated carbocycles. The van der Waals surface area contributed by atoms with Crippen LogP contribution in [-0.4, -0.2) is 56.6 Å². The van der Waals surface area contributed by atoms with Gasteiger partial charge in [0.15, 0.2) is 0 Å². The number of imidazole rings is 1. The largest absolute Gasteiger partial charge is 0.480 e. The van der Waals surface area contributed by atoms with Gasteiger partial charge in [-0.1, -0.05) is 36.3 Å². The van der Waals surface area contributed by atoms with E-state index in [1.165, 1.54) is 0 Å². The van der Waals surface area contributed by atoms with Crippen LogP contribution in [0.25, 0.3) is 22.3 Å². The maximum atomic E-state index is 13.2. The average molecular weight is 406 g/mol. The molecule has 1 saturated heterocycles. The molecule has 30 heavy (non-hydrogen) atoms. The molecule has 2 N–H and O–H groups in total. The number of carboxylic acid groups (broad SMARTS) is 1. The minimum atomic E-state index is -1.13. The summed E-state index contributed by atoms with van der Waals surface area (Å²) in [5, 5.41) is 17.0. The lowest BCUT2D eigenvalue weighted by atomic mass is 10.1. The normalized spacial score (nSPS) is 13.8. The van der Waals surface area contributed by atoms with Gasteiger partial charge >= 0.3 is 5.97 Å². The van der Waals surface area contributed by atoms with E-state index in [4.69, 9.17) is 4.98 Å². The van der Waals surface area contributed by atoms with Gasteiger partial charge in [0.2, 0.25) is 5.95 Å². The Bertz CT molecular complexity index is 1200. The van der Waals surface area contributed by atoms with Gasteiger partial charge in [-0.3, -0.25) is 14.2 Å². The van der Waals surface area contributed by atoms with E-state index in [-0.39, 0.29) is 6.54 Å². The quantitative estimate of drug-likeness (QED) is 0.603. The molecule has 0 spiro atoms. The highest BCUT2D eigenvalue weighted by molar-refractivity contribution is 5.91. The number of anilines is 1. The second kappa shape index (κ2) is 8.39. The van der Waals surface area contributed by atoms with Gasteiger partial charge < -0.3 is 15.3 Å². The van der Waals surface area contributed by atoms with Crippen LogP contribution < -0.4 is 15.8 Å². The van der Waals surface area contributed by atoms with Crippen LogP contribution in [0.5, 0.6) is 0 Å². The molecule has 0 unspecified atom stereocenters. The fourth-order valence-corrected chi connectivity index (χ4v) is 3.60. The van der Waals surface area contributed by atoms with E-state index in [0.717, 1.165) is 36.4 Å². The van der Waals surface area contributed by atoms with E-state index in [1.54, 1.807) is 11.5 Å². The number of aliphatic carboxylic acids is 1. The zero-order valence-electron chi connectivity index (χ0n) is 16.6. The molecule has 9 heteroatoms. The SMILES string of the molecule is CC#CCn1c(N2CCNCC2)nc2c(-c3ccccc3)nn(CC(=O)O)c(=O)c21. The van der Waals surface area contributed by atoms with Crippen LogP contribution in [0.1, 0.15) is 6.92 Å². The Morgan fingerprint density at radius 2 is 1.97 bits per heavy atom. The van der Waals surface area contributed by atoms with E-state index in [0.29, 0.717) is 22.7 Å². The van der Waals surface area contributed by atoms with Gasteiger partial charge in [-0.25, -0.2) is 9.67 Å². The number of hydrogen-bond donors (Lipinski definition) is 2. The van der Waals surface area contributed by atoms with Crippen LogP contribution in [0.15, 0.2) is 35.1 Å². The van der Waals surface area contributed by atoms with Crippen molar-refractivity contribution >= 4 is 23.0 Å². The predicted molar refractivity (Wildman–Crippen MR) is 113 cm³/mol. The first-order chi connectivity index (χ1) is 14.6. The zero-order valence-corrected chi connectivity index (χ0v) is 16.6. The second-order valence-corrected chi connectivity index (χ2v) is 6.93. The first-order valence-electron chi connectivity index (χ1n) is 9.74. The Hall–Kier alpha value is -3.64. The standard InChI is InChI=1S/C21H22N6O3/c1-2-3-11-26-19-18(23-21(26)25-12-9-22-10-13-25)17(15-7-5-4-6-8-15)24-27(20(19)30)14-16(28)29/h4-8,22H,9-14H2,1H3,(H,28,29). The number of nitrogens with zero attached hydrogens (tertiary/aromatic N) is 5. The Labute approximate surface area is 172 Å². The van der Waals surface area contributed by atoms with Crippen molar-refractivity contribution in [3.8, 4) is 23.1 Å². The molecule has 3 heterocycles. The van der Waals surface area contributed by atoms with Gasteiger partial charge in [0.1, 0.15) is 23.3 Å². The molecule has 154 valence electrons. The fraction of sp³-hybridized carbons (Fsp3) is 0.333. The van der Waals surface area contributed by atoms with Crippen molar-refractivity contribution in [3.05, 3.63) is 40.7 Å². The van der Waals surface area contributed by atoms with Crippen molar-refractivity contribution in [2.75, 3.05) is 31.1 Å². The van der Waals surface area contributed by atoms with Crippen molar-refractivity contribution in [2.45, 2.75) is 20.0 Å². The highest BCUT2D eigenvalue weighted by Crippen LogP contribution is 2.28. The lowest BCUT2D eigenvalue weighted by Gasteiger charge is -2.28. The summed E-state index contributed by atoms with van der Waals surface area (Å²) in [5.41, 5.74) is 1.53. The smallest absolute Gasteiger partial charge is 0.325 e. The van der Waals surface area contributed by atoms with Crippen molar-refractivity contribution in [1.29, 1.82) is 0 Å². The summed E-state index contributed by atoms with van der Waals surface area (Å²) < 4.78 is 2.78. The van der Waals surface area contributed by atoms with Gasteiger partial charge in [0.05, 0.1) is 6.54 Å². The summed E-state index contributed by atoms with van der Waals surface area (Å²) in [6.45, 7) is 4.63. The second-order valence-electron chi connectivity index (χ2n) is 6.93. The molecule has 1 aliphatic rings. The molecule has 3 aromatic rings. The van der Waals surface area contributed by atoms with E-state index >= 15 is 0 Å². The van der Waals surface area contributed by atoms with Crippen LogP contribution in [0.4, 0.5) is 5.95 Å². The Morgan fingerprint density at radius 1 is 1.23 bits per heavy atom. The van der Waals surface area contributed by atoms with E-state index in [2.05, 4.69) is 27.2 Å². The molecule has 2 aromatic heterocycles. The Kier molecular flexibility index (Phi) is 5.50. The number of aromatic nitrogens is 4. The van der Waals surface area contributed by atoms with Crippen LogP contribution >= 0.6 is 0 Å². The monoisotopic (exact) mass is 406 g/mol. The third-order valence-electron chi connectivity index (χ3n) is 4.98. The molecule has 0 atom stereocenters. The molecule has 0 radical (unpaired) electrons. The van der Waals surface area contributed by atoms with Crippen LogP contribution in [-0.2, 0) is 17.9 Å². The third kappa shape index (κ3) is 3.65.